The Morgan fingerprint density at radius 3 is 3.00 bits per heavy atom. The van der Waals surface area contributed by atoms with E-state index in [2.05, 4.69) is 23.6 Å². The van der Waals surface area contributed by atoms with Crippen LogP contribution in [-0.2, 0) is 6.42 Å². The SMILES string of the molecule is CC1(C)Cc2nc(N3CCN4CCCC4C3)sc2C(O)C1. The Labute approximate surface area is 130 Å². The number of anilines is 1. The van der Waals surface area contributed by atoms with Gasteiger partial charge >= 0.3 is 0 Å². The highest BCUT2D eigenvalue weighted by Gasteiger charge is 2.36. The van der Waals surface area contributed by atoms with Gasteiger partial charge in [0, 0.05) is 25.7 Å². The van der Waals surface area contributed by atoms with Gasteiger partial charge in [-0.15, -0.1) is 0 Å². The summed E-state index contributed by atoms with van der Waals surface area (Å²) in [4.78, 5) is 11.1. The summed E-state index contributed by atoms with van der Waals surface area (Å²) in [6.45, 7) is 9.11. The number of nitrogens with zero attached hydrogens (tertiary/aromatic N) is 3. The van der Waals surface area contributed by atoms with Gasteiger partial charge in [-0.05, 0) is 37.6 Å². The van der Waals surface area contributed by atoms with Gasteiger partial charge in [-0.3, -0.25) is 4.90 Å². The van der Waals surface area contributed by atoms with E-state index < -0.39 is 0 Å². The van der Waals surface area contributed by atoms with E-state index >= 15 is 0 Å². The van der Waals surface area contributed by atoms with Crippen LogP contribution in [0.3, 0.4) is 0 Å². The first-order chi connectivity index (χ1) is 10.0. The topological polar surface area (TPSA) is 39.6 Å². The van der Waals surface area contributed by atoms with Crippen molar-refractivity contribution in [3.63, 3.8) is 0 Å². The normalized spacial score (nSPS) is 32.0. The molecular weight excluding hydrogens is 282 g/mol. The maximum absolute atomic E-state index is 10.4. The minimum Gasteiger partial charge on any atom is -0.387 e. The maximum Gasteiger partial charge on any atom is 0.185 e. The van der Waals surface area contributed by atoms with Gasteiger partial charge in [0.1, 0.15) is 0 Å². The molecule has 2 unspecified atom stereocenters. The van der Waals surface area contributed by atoms with Gasteiger partial charge in [0.25, 0.3) is 0 Å². The van der Waals surface area contributed by atoms with Crippen molar-refractivity contribution in [1.29, 1.82) is 0 Å². The molecule has 0 spiro atoms. The number of aromatic nitrogens is 1. The Balaban J connectivity index is 1.57. The number of rotatable bonds is 1. The zero-order valence-electron chi connectivity index (χ0n) is 13.0. The van der Waals surface area contributed by atoms with E-state index in [1.165, 1.54) is 25.9 Å². The van der Waals surface area contributed by atoms with E-state index in [9.17, 15) is 5.11 Å². The minimum absolute atomic E-state index is 0.169. The fraction of sp³-hybridized carbons (Fsp3) is 0.812. The molecule has 2 saturated heterocycles. The number of aliphatic hydroxyl groups is 1. The smallest absolute Gasteiger partial charge is 0.185 e. The summed E-state index contributed by atoms with van der Waals surface area (Å²) in [5.41, 5.74) is 1.31. The molecule has 2 fully saturated rings. The molecule has 21 heavy (non-hydrogen) atoms. The number of hydrogen-bond donors (Lipinski definition) is 1. The number of thiazole rings is 1. The van der Waals surface area contributed by atoms with Gasteiger partial charge in [0.05, 0.1) is 16.7 Å². The van der Waals surface area contributed by atoms with E-state index in [0.29, 0.717) is 0 Å². The number of aliphatic hydroxyl groups excluding tert-OH is 1. The van der Waals surface area contributed by atoms with Crippen molar-refractivity contribution in [2.75, 3.05) is 31.1 Å². The fourth-order valence-electron chi connectivity index (χ4n) is 4.18. The Morgan fingerprint density at radius 1 is 1.29 bits per heavy atom. The zero-order chi connectivity index (χ0) is 14.6. The molecule has 5 heteroatoms. The van der Waals surface area contributed by atoms with Crippen LogP contribution < -0.4 is 4.90 Å². The average molecular weight is 307 g/mol. The van der Waals surface area contributed by atoms with Crippen LogP contribution in [0.25, 0.3) is 0 Å². The lowest BCUT2D eigenvalue weighted by Crippen LogP contribution is -2.50. The second kappa shape index (κ2) is 4.93. The molecule has 0 radical (unpaired) electrons. The highest BCUT2D eigenvalue weighted by Crippen LogP contribution is 2.45. The first kappa shape index (κ1) is 14.0. The summed E-state index contributed by atoms with van der Waals surface area (Å²) in [7, 11) is 0. The number of piperazine rings is 1. The van der Waals surface area contributed by atoms with E-state index in [0.717, 1.165) is 47.7 Å². The van der Waals surface area contributed by atoms with Crippen LogP contribution in [0.15, 0.2) is 0 Å². The zero-order valence-corrected chi connectivity index (χ0v) is 13.8. The van der Waals surface area contributed by atoms with Crippen molar-refractivity contribution in [3.05, 3.63) is 10.6 Å². The third kappa shape index (κ3) is 2.49. The minimum atomic E-state index is -0.317. The standard InChI is InChI=1S/C16H25N3OS/c1-16(2)8-12-14(13(20)9-16)21-15(17-12)19-7-6-18-5-3-4-11(18)10-19/h11,13,20H,3-10H2,1-2H3. The second-order valence-electron chi connectivity index (χ2n) is 7.65. The summed E-state index contributed by atoms with van der Waals surface area (Å²) in [6, 6.07) is 0.723. The van der Waals surface area contributed by atoms with Crippen LogP contribution in [0.1, 0.15) is 49.8 Å². The summed E-state index contributed by atoms with van der Waals surface area (Å²) in [5, 5.41) is 11.5. The molecule has 3 heterocycles. The number of fused-ring (bicyclic) bond motifs is 2. The molecular formula is C16H25N3OS. The van der Waals surface area contributed by atoms with E-state index in [-0.39, 0.29) is 11.5 Å². The third-order valence-corrected chi connectivity index (χ3v) is 6.53. The van der Waals surface area contributed by atoms with Crippen LogP contribution in [0.4, 0.5) is 5.13 Å². The predicted molar refractivity (Wildman–Crippen MR) is 86.0 cm³/mol. The molecule has 0 aromatic carbocycles. The molecule has 1 aromatic heterocycles. The van der Waals surface area contributed by atoms with Crippen molar-refractivity contribution in [3.8, 4) is 0 Å². The molecule has 116 valence electrons. The Hall–Kier alpha value is -0.650. The maximum atomic E-state index is 10.4. The predicted octanol–water partition coefficient (Wildman–Crippen LogP) is 2.43. The first-order valence-corrected chi connectivity index (χ1v) is 9.00. The quantitative estimate of drug-likeness (QED) is 0.865. The molecule has 1 N–H and O–H groups in total. The molecule has 1 aliphatic carbocycles. The summed E-state index contributed by atoms with van der Waals surface area (Å²) in [6.07, 6.45) is 4.22. The van der Waals surface area contributed by atoms with E-state index in [1.54, 1.807) is 11.3 Å². The summed E-state index contributed by atoms with van der Waals surface area (Å²) in [5.74, 6) is 0. The highest BCUT2D eigenvalue weighted by atomic mass is 32.1. The van der Waals surface area contributed by atoms with Gasteiger partial charge < -0.3 is 10.0 Å². The Morgan fingerprint density at radius 2 is 2.14 bits per heavy atom. The lowest BCUT2D eigenvalue weighted by molar-refractivity contribution is 0.102. The van der Waals surface area contributed by atoms with Crippen molar-refractivity contribution >= 4 is 16.5 Å². The van der Waals surface area contributed by atoms with Crippen molar-refractivity contribution in [2.45, 2.75) is 51.7 Å². The van der Waals surface area contributed by atoms with Crippen molar-refractivity contribution < 1.29 is 5.11 Å². The largest absolute Gasteiger partial charge is 0.387 e. The lowest BCUT2D eigenvalue weighted by atomic mass is 9.77. The van der Waals surface area contributed by atoms with Gasteiger partial charge in [-0.1, -0.05) is 25.2 Å². The summed E-state index contributed by atoms with van der Waals surface area (Å²) >= 11 is 1.73. The molecule has 1 aromatic rings. The van der Waals surface area contributed by atoms with Gasteiger partial charge in [0.15, 0.2) is 5.13 Å². The Kier molecular flexibility index (Phi) is 3.28. The molecule has 2 atom stereocenters. The lowest BCUT2D eigenvalue weighted by Gasteiger charge is -2.37. The van der Waals surface area contributed by atoms with Gasteiger partial charge in [-0.25, -0.2) is 4.98 Å². The summed E-state index contributed by atoms with van der Waals surface area (Å²) < 4.78 is 0. The van der Waals surface area contributed by atoms with E-state index in [1.807, 2.05) is 0 Å². The fourth-order valence-corrected chi connectivity index (χ4v) is 5.28. The Bertz CT molecular complexity index is 542. The first-order valence-electron chi connectivity index (χ1n) is 8.18. The van der Waals surface area contributed by atoms with Crippen LogP contribution in [0.2, 0.25) is 0 Å². The third-order valence-electron chi connectivity index (χ3n) is 5.27. The average Bonchev–Trinajstić information content (AvgIpc) is 3.01. The second-order valence-corrected chi connectivity index (χ2v) is 8.66. The van der Waals surface area contributed by atoms with E-state index in [4.69, 9.17) is 4.98 Å². The molecule has 4 rings (SSSR count). The molecule has 3 aliphatic rings. The van der Waals surface area contributed by atoms with Crippen molar-refractivity contribution in [1.82, 2.24) is 9.88 Å². The monoisotopic (exact) mass is 307 g/mol. The number of hydrogen-bond acceptors (Lipinski definition) is 5. The molecule has 2 aliphatic heterocycles. The van der Waals surface area contributed by atoms with Crippen molar-refractivity contribution in [2.24, 2.45) is 5.41 Å². The van der Waals surface area contributed by atoms with Crippen LogP contribution >= 0.6 is 11.3 Å². The van der Waals surface area contributed by atoms with Crippen LogP contribution in [-0.4, -0.2) is 47.2 Å². The molecule has 0 amide bonds. The highest BCUT2D eigenvalue weighted by molar-refractivity contribution is 7.15. The molecule has 0 saturated carbocycles. The molecule has 4 nitrogen and oxygen atoms in total. The van der Waals surface area contributed by atoms with Crippen LogP contribution in [0.5, 0.6) is 0 Å². The molecule has 0 bridgehead atoms. The van der Waals surface area contributed by atoms with Gasteiger partial charge in [-0.2, -0.15) is 0 Å². The van der Waals surface area contributed by atoms with Crippen LogP contribution in [0, 0.1) is 5.41 Å². The van der Waals surface area contributed by atoms with Gasteiger partial charge in [0.2, 0.25) is 0 Å².